The van der Waals surface area contributed by atoms with Gasteiger partial charge in [-0.2, -0.15) is 0 Å². The lowest BCUT2D eigenvalue weighted by molar-refractivity contribution is -0.115. The van der Waals surface area contributed by atoms with Crippen LogP contribution >= 0.6 is 11.6 Å². The van der Waals surface area contributed by atoms with Crippen molar-refractivity contribution in [1.82, 2.24) is 5.32 Å². The van der Waals surface area contributed by atoms with Gasteiger partial charge in [-0.1, -0.05) is 53.6 Å². The highest BCUT2D eigenvalue weighted by molar-refractivity contribution is 6.30. The van der Waals surface area contributed by atoms with E-state index in [0.717, 1.165) is 12.0 Å². The van der Waals surface area contributed by atoms with Gasteiger partial charge in [-0.05, 0) is 42.7 Å². The maximum absolute atomic E-state index is 12.0. The molecule has 4 heteroatoms. The van der Waals surface area contributed by atoms with Crippen LogP contribution in [0.3, 0.4) is 0 Å². The lowest BCUT2D eigenvalue weighted by Gasteiger charge is -2.02. The summed E-state index contributed by atoms with van der Waals surface area (Å²) in [6.45, 7) is 2.07. The monoisotopic (exact) mass is 324 g/mol. The number of hydrogen-bond acceptors (Lipinski definition) is 2. The minimum Gasteiger partial charge on any atom is -0.309 e. The number of rotatable bonds is 4. The van der Waals surface area contributed by atoms with Crippen molar-refractivity contribution in [3.05, 3.63) is 75.9 Å². The van der Waals surface area contributed by atoms with Crippen molar-refractivity contribution in [2.75, 3.05) is 0 Å². The van der Waals surface area contributed by atoms with Crippen LogP contribution in [0, 0.1) is 6.92 Å². The van der Waals surface area contributed by atoms with Crippen molar-refractivity contribution in [2.24, 2.45) is 4.99 Å². The molecule has 0 radical (unpaired) electrons. The van der Waals surface area contributed by atoms with Crippen LogP contribution in [0.15, 0.2) is 59.2 Å². The largest absolute Gasteiger partial charge is 0.309 e. The van der Waals surface area contributed by atoms with Crippen molar-refractivity contribution in [1.29, 1.82) is 0 Å². The molecule has 0 aromatic heterocycles. The van der Waals surface area contributed by atoms with E-state index in [2.05, 4.69) is 35.4 Å². The molecule has 0 aliphatic carbocycles. The van der Waals surface area contributed by atoms with Gasteiger partial charge in [-0.25, -0.2) is 4.99 Å². The normalized spacial score (nSPS) is 15.7. The Morgan fingerprint density at radius 2 is 1.96 bits per heavy atom. The highest BCUT2D eigenvalue weighted by atomic mass is 35.5. The van der Waals surface area contributed by atoms with Gasteiger partial charge in [0.05, 0.1) is 0 Å². The molecule has 3 nitrogen and oxygen atoms in total. The molecule has 1 amide bonds. The number of carbonyl (C=O) groups excluding carboxylic acids is 1. The molecule has 23 heavy (non-hydrogen) atoms. The van der Waals surface area contributed by atoms with Crippen molar-refractivity contribution in [3.8, 4) is 0 Å². The average Bonchev–Trinajstić information content (AvgIpc) is 2.86. The molecule has 2 aromatic carbocycles. The number of nitrogens with zero attached hydrogens (tertiary/aromatic N) is 1. The lowest BCUT2D eigenvalue weighted by Crippen LogP contribution is -2.24. The van der Waals surface area contributed by atoms with Gasteiger partial charge in [0.1, 0.15) is 11.5 Å². The zero-order chi connectivity index (χ0) is 16.2. The fourth-order valence-corrected chi connectivity index (χ4v) is 2.72. The molecule has 0 bridgehead atoms. The number of hydrogen-bond donors (Lipinski definition) is 1. The van der Waals surface area contributed by atoms with E-state index in [1.807, 2.05) is 24.3 Å². The predicted octanol–water partition coefficient (Wildman–Crippen LogP) is 4.15. The number of amidine groups is 1. The van der Waals surface area contributed by atoms with Gasteiger partial charge in [-0.3, -0.25) is 4.79 Å². The number of aliphatic imine (C=N–C) groups is 1. The van der Waals surface area contributed by atoms with Crippen LogP contribution in [-0.2, 0) is 11.2 Å². The summed E-state index contributed by atoms with van der Waals surface area (Å²) in [5.41, 5.74) is 3.77. The minimum atomic E-state index is -0.163. The van der Waals surface area contributed by atoms with Gasteiger partial charge in [0.2, 0.25) is 0 Å². The van der Waals surface area contributed by atoms with E-state index in [1.165, 1.54) is 11.1 Å². The highest BCUT2D eigenvalue weighted by Crippen LogP contribution is 2.17. The van der Waals surface area contributed by atoms with Gasteiger partial charge in [-0.15, -0.1) is 0 Å². The van der Waals surface area contributed by atoms with Crippen LogP contribution in [0.2, 0.25) is 5.02 Å². The molecule has 0 saturated heterocycles. The molecule has 0 unspecified atom stereocenters. The summed E-state index contributed by atoms with van der Waals surface area (Å²) in [5, 5.41) is 3.47. The molecule has 1 aliphatic rings. The predicted molar refractivity (Wildman–Crippen MR) is 94.5 cm³/mol. The van der Waals surface area contributed by atoms with Crippen LogP contribution in [-0.4, -0.2) is 11.7 Å². The molecule has 3 rings (SSSR count). The van der Waals surface area contributed by atoms with Crippen molar-refractivity contribution in [3.63, 3.8) is 0 Å². The number of nitrogens with one attached hydrogen (secondary N) is 1. The molecule has 2 aromatic rings. The Hall–Kier alpha value is -2.39. The van der Waals surface area contributed by atoms with E-state index in [-0.39, 0.29) is 5.91 Å². The zero-order valence-corrected chi connectivity index (χ0v) is 13.6. The highest BCUT2D eigenvalue weighted by Gasteiger charge is 2.19. The average molecular weight is 325 g/mol. The Morgan fingerprint density at radius 1 is 1.13 bits per heavy atom. The summed E-state index contributed by atoms with van der Waals surface area (Å²) in [6, 6.07) is 15.7. The van der Waals surface area contributed by atoms with Crippen LogP contribution < -0.4 is 5.32 Å². The molecular weight excluding hydrogens is 308 g/mol. The van der Waals surface area contributed by atoms with Crippen molar-refractivity contribution < 1.29 is 4.79 Å². The van der Waals surface area contributed by atoms with Gasteiger partial charge in [0, 0.05) is 11.4 Å². The van der Waals surface area contributed by atoms with Gasteiger partial charge in [0.15, 0.2) is 0 Å². The minimum absolute atomic E-state index is 0.163. The van der Waals surface area contributed by atoms with Crippen molar-refractivity contribution in [2.45, 2.75) is 19.8 Å². The Kier molecular flexibility index (Phi) is 4.58. The van der Waals surface area contributed by atoms with Gasteiger partial charge in [0.25, 0.3) is 5.91 Å². The quantitative estimate of drug-likeness (QED) is 0.843. The Bertz CT molecular complexity index is 809. The first-order valence-electron chi connectivity index (χ1n) is 7.52. The van der Waals surface area contributed by atoms with E-state index in [1.54, 1.807) is 12.1 Å². The number of aryl methyl sites for hydroxylation is 2. The molecule has 116 valence electrons. The van der Waals surface area contributed by atoms with Gasteiger partial charge < -0.3 is 5.32 Å². The van der Waals surface area contributed by atoms with Gasteiger partial charge >= 0.3 is 0 Å². The van der Waals surface area contributed by atoms with E-state index < -0.39 is 0 Å². The molecular formula is C19H17ClN2O. The van der Waals surface area contributed by atoms with Crippen molar-refractivity contribution >= 4 is 29.4 Å². The molecule has 1 N–H and O–H groups in total. The first-order valence-corrected chi connectivity index (χ1v) is 7.90. The number of amides is 1. The van der Waals surface area contributed by atoms with Crippen LogP contribution in [0.4, 0.5) is 0 Å². The van der Waals surface area contributed by atoms with Crippen LogP contribution in [0.1, 0.15) is 23.1 Å². The molecule has 1 aliphatic heterocycles. The third-order valence-electron chi connectivity index (χ3n) is 3.63. The number of benzene rings is 2. The first-order chi connectivity index (χ1) is 11.1. The lowest BCUT2D eigenvalue weighted by atomic mass is 10.1. The summed E-state index contributed by atoms with van der Waals surface area (Å²) >= 11 is 5.96. The topological polar surface area (TPSA) is 41.5 Å². The third kappa shape index (κ3) is 4.08. The third-order valence-corrected chi connectivity index (χ3v) is 3.87. The maximum Gasteiger partial charge on any atom is 0.275 e. The SMILES string of the molecule is Cc1cccc(CCC2=N/C(=C/c3cccc(Cl)c3)C(=O)N2)c1. The number of halogens is 1. The van der Waals surface area contributed by atoms with E-state index in [4.69, 9.17) is 11.6 Å². The Labute approximate surface area is 140 Å². The second-order valence-corrected chi connectivity index (χ2v) is 6.02. The molecule has 1 heterocycles. The fourth-order valence-electron chi connectivity index (χ4n) is 2.52. The standard InChI is InChI=1S/C19H17ClN2O/c1-13-4-2-5-14(10-13)8-9-18-21-17(19(23)22-18)12-15-6-3-7-16(20)11-15/h2-7,10-12H,8-9H2,1H3,(H,21,22,23)/b17-12+. The van der Waals surface area contributed by atoms with E-state index in [0.29, 0.717) is 23.0 Å². The molecule has 0 saturated carbocycles. The van der Waals surface area contributed by atoms with E-state index >= 15 is 0 Å². The first kappa shape index (κ1) is 15.5. The fraction of sp³-hybridized carbons (Fsp3) is 0.158. The van der Waals surface area contributed by atoms with E-state index in [9.17, 15) is 4.79 Å². The molecule has 0 atom stereocenters. The summed E-state index contributed by atoms with van der Waals surface area (Å²) in [6.07, 6.45) is 3.31. The molecule has 0 spiro atoms. The summed E-state index contributed by atoms with van der Waals surface area (Å²) in [5.74, 6) is 0.550. The van der Waals surface area contributed by atoms with Crippen LogP contribution in [0.25, 0.3) is 6.08 Å². The number of carbonyl (C=O) groups is 1. The van der Waals surface area contributed by atoms with Crippen LogP contribution in [0.5, 0.6) is 0 Å². The Balaban J connectivity index is 1.71. The molecule has 0 fully saturated rings. The maximum atomic E-state index is 12.0. The summed E-state index contributed by atoms with van der Waals surface area (Å²) < 4.78 is 0. The Morgan fingerprint density at radius 3 is 2.74 bits per heavy atom. The summed E-state index contributed by atoms with van der Waals surface area (Å²) in [4.78, 5) is 16.4. The zero-order valence-electron chi connectivity index (χ0n) is 12.8. The second-order valence-electron chi connectivity index (χ2n) is 5.59. The smallest absolute Gasteiger partial charge is 0.275 e. The summed E-state index contributed by atoms with van der Waals surface area (Å²) in [7, 11) is 0. The second kappa shape index (κ2) is 6.80.